The van der Waals surface area contributed by atoms with Crippen LogP contribution in [0.25, 0.3) is 6.08 Å². The van der Waals surface area contributed by atoms with Gasteiger partial charge in [0.1, 0.15) is 11.6 Å². The first-order valence-corrected chi connectivity index (χ1v) is 7.45. The van der Waals surface area contributed by atoms with Gasteiger partial charge >= 0.3 is 0 Å². The van der Waals surface area contributed by atoms with Crippen molar-refractivity contribution in [2.24, 2.45) is 0 Å². The SMILES string of the molecule is N#C/C(=C\c1ccc(Br)c([N+](=O)[O-])c1)C(=O)c1ccc(Cl)cc1. The summed E-state index contributed by atoms with van der Waals surface area (Å²) in [6.45, 7) is 0. The molecule has 2 rings (SSSR count). The summed E-state index contributed by atoms with van der Waals surface area (Å²) in [7, 11) is 0. The van der Waals surface area contributed by atoms with Gasteiger partial charge in [0.15, 0.2) is 0 Å². The molecule has 7 heteroatoms. The van der Waals surface area contributed by atoms with E-state index in [1.807, 2.05) is 6.07 Å². The molecule has 114 valence electrons. The summed E-state index contributed by atoms with van der Waals surface area (Å²) < 4.78 is 0.321. The number of rotatable bonds is 4. The maximum absolute atomic E-state index is 12.3. The second kappa shape index (κ2) is 7.18. The number of ketones is 1. The lowest BCUT2D eigenvalue weighted by Crippen LogP contribution is -2.01. The van der Waals surface area contributed by atoms with E-state index >= 15 is 0 Å². The number of nitro groups is 1. The zero-order valence-electron chi connectivity index (χ0n) is 11.5. The predicted molar refractivity (Wildman–Crippen MR) is 90.2 cm³/mol. The van der Waals surface area contributed by atoms with Gasteiger partial charge in [0.25, 0.3) is 5.69 Å². The number of halogens is 2. The largest absolute Gasteiger partial charge is 0.288 e. The third-order valence-corrected chi connectivity index (χ3v) is 3.87. The number of nitro benzene ring substituents is 1. The van der Waals surface area contributed by atoms with Crippen molar-refractivity contribution in [2.75, 3.05) is 0 Å². The molecule has 2 aromatic carbocycles. The van der Waals surface area contributed by atoms with Gasteiger partial charge in [-0.3, -0.25) is 14.9 Å². The molecule has 0 fully saturated rings. The molecule has 0 unspecified atom stereocenters. The lowest BCUT2D eigenvalue weighted by Gasteiger charge is -2.01. The Morgan fingerprint density at radius 3 is 2.48 bits per heavy atom. The van der Waals surface area contributed by atoms with E-state index in [1.165, 1.54) is 30.3 Å². The Hall–Kier alpha value is -2.49. The minimum atomic E-state index is -0.547. The molecule has 0 saturated heterocycles. The minimum Gasteiger partial charge on any atom is -0.288 e. The standard InChI is InChI=1S/C16H8BrClN2O3/c17-14-6-1-10(8-15(14)20(22)23)7-12(9-19)16(21)11-2-4-13(18)5-3-11/h1-8H/b12-7+. The average molecular weight is 392 g/mol. The quantitative estimate of drug-likeness (QED) is 0.246. The Bertz CT molecular complexity index is 855. The number of benzene rings is 2. The summed E-state index contributed by atoms with van der Waals surface area (Å²) in [5.74, 6) is -0.477. The second-order valence-electron chi connectivity index (χ2n) is 4.47. The molecule has 0 atom stereocenters. The van der Waals surface area contributed by atoms with Crippen molar-refractivity contribution in [2.45, 2.75) is 0 Å². The first kappa shape index (κ1) is 16.9. The van der Waals surface area contributed by atoms with E-state index in [0.29, 0.717) is 20.6 Å². The maximum atomic E-state index is 12.3. The highest BCUT2D eigenvalue weighted by atomic mass is 79.9. The van der Waals surface area contributed by atoms with Gasteiger partial charge in [0, 0.05) is 16.7 Å². The molecule has 0 aliphatic carbocycles. The van der Waals surface area contributed by atoms with E-state index in [2.05, 4.69) is 15.9 Å². The fourth-order valence-electron chi connectivity index (χ4n) is 1.83. The van der Waals surface area contributed by atoms with Gasteiger partial charge in [-0.1, -0.05) is 17.7 Å². The van der Waals surface area contributed by atoms with Crippen molar-refractivity contribution in [3.63, 3.8) is 0 Å². The van der Waals surface area contributed by atoms with Gasteiger partial charge < -0.3 is 0 Å². The third-order valence-electron chi connectivity index (χ3n) is 2.95. The number of nitrogens with zero attached hydrogens (tertiary/aromatic N) is 2. The van der Waals surface area contributed by atoms with Crippen molar-refractivity contribution < 1.29 is 9.72 Å². The van der Waals surface area contributed by atoms with E-state index in [4.69, 9.17) is 11.6 Å². The van der Waals surface area contributed by atoms with Crippen LogP contribution in [0.2, 0.25) is 5.02 Å². The van der Waals surface area contributed by atoms with E-state index in [0.717, 1.165) is 0 Å². The highest BCUT2D eigenvalue weighted by Crippen LogP contribution is 2.27. The first-order chi connectivity index (χ1) is 10.9. The monoisotopic (exact) mass is 390 g/mol. The van der Waals surface area contributed by atoms with Gasteiger partial charge in [0.2, 0.25) is 5.78 Å². The van der Waals surface area contributed by atoms with Gasteiger partial charge in [-0.25, -0.2) is 0 Å². The number of carbonyl (C=O) groups excluding carboxylic acids is 1. The van der Waals surface area contributed by atoms with Crippen LogP contribution in [0.4, 0.5) is 5.69 Å². The maximum Gasteiger partial charge on any atom is 0.284 e. The minimum absolute atomic E-state index is 0.121. The van der Waals surface area contributed by atoms with Crippen LogP contribution >= 0.6 is 27.5 Å². The number of hydrogen-bond acceptors (Lipinski definition) is 4. The summed E-state index contributed by atoms with van der Waals surface area (Å²) in [5.41, 5.74) is 0.437. The second-order valence-corrected chi connectivity index (χ2v) is 5.76. The molecular formula is C16H8BrClN2O3. The van der Waals surface area contributed by atoms with Crippen molar-refractivity contribution in [3.8, 4) is 6.07 Å². The summed E-state index contributed by atoms with van der Waals surface area (Å²) >= 11 is 8.84. The zero-order chi connectivity index (χ0) is 17.0. The van der Waals surface area contributed by atoms with Crippen LogP contribution in [-0.4, -0.2) is 10.7 Å². The molecule has 0 aliphatic rings. The van der Waals surface area contributed by atoms with E-state index in [1.54, 1.807) is 18.2 Å². The van der Waals surface area contributed by atoms with Gasteiger partial charge in [-0.15, -0.1) is 0 Å². The predicted octanol–water partition coefficient (Wildman–Crippen LogP) is 4.80. The van der Waals surface area contributed by atoms with Crippen molar-refractivity contribution in [3.05, 3.63) is 78.8 Å². The Labute approximate surface area is 145 Å². The Balaban J connectivity index is 2.41. The Morgan fingerprint density at radius 1 is 1.26 bits per heavy atom. The van der Waals surface area contributed by atoms with Crippen LogP contribution in [0.3, 0.4) is 0 Å². The van der Waals surface area contributed by atoms with Gasteiger partial charge in [0.05, 0.1) is 9.40 Å². The van der Waals surface area contributed by atoms with Crippen LogP contribution in [0.15, 0.2) is 52.5 Å². The number of allylic oxidation sites excluding steroid dienone is 1. The molecule has 0 aliphatic heterocycles. The molecule has 0 aromatic heterocycles. The van der Waals surface area contributed by atoms with Crippen molar-refractivity contribution in [1.29, 1.82) is 5.26 Å². The molecule has 0 saturated carbocycles. The molecule has 0 radical (unpaired) electrons. The summed E-state index contributed by atoms with van der Waals surface area (Å²) in [5, 5.41) is 20.6. The summed E-state index contributed by atoms with van der Waals surface area (Å²) in [6, 6.07) is 12.3. The molecule has 0 bridgehead atoms. The lowest BCUT2D eigenvalue weighted by atomic mass is 10.0. The fourth-order valence-corrected chi connectivity index (χ4v) is 2.35. The van der Waals surface area contributed by atoms with E-state index in [-0.39, 0.29) is 11.3 Å². The van der Waals surface area contributed by atoms with Crippen LogP contribution in [0.5, 0.6) is 0 Å². The van der Waals surface area contributed by atoms with Crippen molar-refractivity contribution in [1.82, 2.24) is 0 Å². The van der Waals surface area contributed by atoms with Gasteiger partial charge in [-0.05, 0) is 57.9 Å². The van der Waals surface area contributed by atoms with Crippen LogP contribution in [0, 0.1) is 21.4 Å². The molecular weight excluding hydrogens is 384 g/mol. The average Bonchev–Trinajstić information content (AvgIpc) is 2.54. The topological polar surface area (TPSA) is 84.0 Å². The normalized spacial score (nSPS) is 10.9. The first-order valence-electron chi connectivity index (χ1n) is 6.28. The summed E-state index contributed by atoms with van der Waals surface area (Å²) in [6.07, 6.45) is 1.32. The zero-order valence-corrected chi connectivity index (χ0v) is 13.8. The van der Waals surface area contributed by atoms with E-state index in [9.17, 15) is 20.2 Å². The van der Waals surface area contributed by atoms with Crippen LogP contribution in [-0.2, 0) is 0 Å². The van der Waals surface area contributed by atoms with Crippen LogP contribution < -0.4 is 0 Å². The van der Waals surface area contributed by atoms with Crippen LogP contribution in [0.1, 0.15) is 15.9 Å². The highest BCUT2D eigenvalue weighted by Gasteiger charge is 2.15. The van der Waals surface area contributed by atoms with Crippen molar-refractivity contribution >= 4 is 45.1 Å². The highest BCUT2D eigenvalue weighted by molar-refractivity contribution is 9.10. The molecule has 0 heterocycles. The number of Topliss-reactive ketones (excluding diaryl/α,β-unsaturated/α-hetero) is 1. The number of carbonyl (C=O) groups is 1. The fraction of sp³-hybridized carbons (Fsp3) is 0. The molecule has 0 N–H and O–H groups in total. The Kier molecular flexibility index (Phi) is 5.27. The molecule has 2 aromatic rings. The smallest absolute Gasteiger partial charge is 0.284 e. The molecule has 0 spiro atoms. The number of hydrogen-bond donors (Lipinski definition) is 0. The number of nitriles is 1. The summed E-state index contributed by atoms with van der Waals surface area (Å²) in [4.78, 5) is 22.7. The third kappa shape index (κ3) is 4.03. The molecule has 5 nitrogen and oxygen atoms in total. The Morgan fingerprint density at radius 2 is 1.91 bits per heavy atom. The molecule has 0 amide bonds. The van der Waals surface area contributed by atoms with E-state index < -0.39 is 10.7 Å². The van der Waals surface area contributed by atoms with Gasteiger partial charge in [-0.2, -0.15) is 5.26 Å². The molecule has 23 heavy (non-hydrogen) atoms. The lowest BCUT2D eigenvalue weighted by molar-refractivity contribution is -0.385.